The standard InChI is InChI=1S/C25H30BrN5O4/c1-14-15(2)23(33)31(22(14)32)28-21-10-16(18-7-6-17(26)11-19(18)27-21)12-29-8-9-30(24(34)35)20(13-29)25(3,4)5/h6-7,10-11,20H,8-9,12-13H2,1-5H3,(H,27,28)(H,34,35). The van der Waals surface area contributed by atoms with Gasteiger partial charge in [-0.25, -0.2) is 9.78 Å². The van der Waals surface area contributed by atoms with E-state index in [2.05, 4.69) is 52.0 Å². The van der Waals surface area contributed by atoms with Gasteiger partial charge in [-0.1, -0.05) is 42.8 Å². The molecule has 10 heteroatoms. The van der Waals surface area contributed by atoms with Crippen molar-refractivity contribution in [1.29, 1.82) is 0 Å². The van der Waals surface area contributed by atoms with Crippen molar-refractivity contribution >= 4 is 50.6 Å². The van der Waals surface area contributed by atoms with Crippen LogP contribution in [0.25, 0.3) is 10.9 Å². The summed E-state index contributed by atoms with van der Waals surface area (Å²) in [5.41, 5.74) is 5.21. The Bertz CT molecular complexity index is 1230. The fourth-order valence-electron chi connectivity index (χ4n) is 4.62. The maximum absolute atomic E-state index is 12.6. The lowest BCUT2D eigenvalue weighted by atomic mass is 9.84. The number of carbonyl (C=O) groups excluding carboxylic acids is 2. The van der Waals surface area contributed by atoms with E-state index in [1.165, 1.54) is 4.90 Å². The normalized spacial score (nSPS) is 19.8. The summed E-state index contributed by atoms with van der Waals surface area (Å²) in [4.78, 5) is 45.4. The summed E-state index contributed by atoms with van der Waals surface area (Å²) in [5, 5.41) is 11.6. The zero-order valence-electron chi connectivity index (χ0n) is 20.6. The van der Waals surface area contributed by atoms with Gasteiger partial charge in [0, 0.05) is 47.2 Å². The van der Waals surface area contributed by atoms with Crippen LogP contribution in [-0.2, 0) is 16.1 Å². The molecule has 1 aromatic heterocycles. The third-order valence-electron chi connectivity index (χ3n) is 6.80. The van der Waals surface area contributed by atoms with E-state index in [-0.39, 0.29) is 23.3 Å². The molecule has 0 radical (unpaired) electrons. The number of anilines is 1. The summed E-state index contributed by atoms with van der Waals surface area (Å²) in [7, 11) is 0. The molecule has 0 spiro atoms. The molecule has 186 valence electrons. The van der Waals surface area contributed by atoms with Crippen LogP contribution in [0.2, 0.25) is 0 Å². The first-order chi connectivity index (χ1) is 16.4. The van der Waals surface area contributed by atoms with Crippen molar-refractivity contribution < 1.29 is 19.5 Å². The lowest BCUT2D eigenvalue weighted by molar-refractivity contribution is -0.135. The minimum Gasteiger partial charge on any atom is -0.465 e. The van der Waals surface area contributed by atoms with E-state index in [1.54, 1.807) is 13.8 Å². The highest BCUT2D eigenvalue weighted by Crippen LogP contribution is 2.31. The average molecular weight is 544 g/mol. The Morgan fingerprint density at radius 3 is 2.40 bits per heavy atom. The van der Waals surface area contributed by atoms with Gasteiger partial charge >= 0.3 is 6.09 Å². The van der Waals surface area contributed by atoms with Crippen LogP contribution in [0.1, 0.15) is 40.2 Å². The van der Waals surface area contributed by atoms with E-state index in [1.807, 2.05) is 24.3 Å². The summed E-state index contributed by atoms with van der Waals surface area (Å²) in [6.45, 7) is 11.6. The second-order valence-corrected chi connectivity index (χ2v) is 11.1. The number of piperazine rings is 1. The minimum absolute atomic E-state index is 0.148. The van der Waals surface area contributed by atoms with Crippen LogP contribution in [0.15, 0.2) is 39.9 Å². The summed E-state index contributed by atoms with van der Waals surface area (Å²) >= 11 is 3.50. The van der Waals surface area contributed by atoms with Gasteiger partial charge in [-0.3, -0.25) is 19.9 Å². The van der Waals surface area contributed by atoms with Gasteiger partial charge in [-0.05, 0) is 43.0 Å². The number of fused-ring (bicyclic) bond motifs is 1. The predicted octanol–water partition coefficient (Wildman–Crippen LogP) is 4.24. The quantitative estimate of drug-likeness (QED) is 0.555. The Hall–Kier alpha value is -2.98. The molecule has 3 amide bonds. The van der Waals surface area contributed by atoms with E-state index in [0.717, 1.165) is 25.9 Å². The molecule has 1 saturated heterocycles. The van der Waals surface area contributed by atoms with Crippen molar-refractivity contribution in [3.63, 3.8) is 0 Å². The van der Waals surface area contributed by atoms with Gasteiger partial charge in [0.1, 0.15) is 5.82 Å². The average Bonchev–Trinajstić information content (AvgIpc) is 2.96. The number of benzene rings is 1. The van der Waals surface area contributed by atoms with E-state index in [4.69, 9.17) is 0 Å². The number of amides is 3. The molecule has 4 rings (SSSR count). The van der Waals surface area contributed by atoms with Crippen molar-refractivity contribution in [3.05, 3.63) is 45.4 Å². The molecule has 1 fully saturated rings. The van der Waals surface area contributed by atoms with Crippen molar-refractivity contribution in [2.24, 2.45) is 5.41 Å². The van der Waals surface area contributed by atoms with Crippen LogP contribution in [-0.4, -0.2) is 68.5 Å². The summed E-state index contributed by atoms with van der Waals surface area (Å²) < 4.78 is 0.866. The Morgan fingerprint density at radius 1 is 1.14 bits per heavy atom. The molecule has 9 nitrogen and oxygen atoms in total. The highest BCUT2D eigenvalue weighted by Gasteiger charge is 2.38. The largest absolute Gasteiger partial charge is 0.465 e. The topological polar surface area (TPSA) is 106 Å². The van der Waals surface area contributed by atoms with Crippen LogP contribution < -0.4 is 5.43 Å². The number of hydrazine groups is 1. The highest BCUT2D eigenvalue weighted by atomic mass is 79.9. The Balaban J connectivity index is 1.65. The first kappa shape index (κ1) is 25.1. The maximum atomic E-state index is 12.6. The van der Waals surface area contributed by atoms with Crippen molar-refractivity contribution in [3.8, 4) is 0 Å². The number of imide groups is 1. The van der Waals surface area contributed by atoms with E-state index in [9.17, 15) is 19.5 Å². The van der Waals surface area contributed by atoms with Crippen LogP contribution in [0, 0.1) is 5.41 Å². The SMILES string of the molecule is CC1=C(C)C(=O)N(Nc2cc(CN3CCN(C(=O)O)C(C(C)(C)C)C3)c3ccc(Br)cc3n2)C1=O. The van der Waals surface area contributed by atoms with Crippen LogP contribution >= 0.6 is 15.9 Å². The molecule has 2 N–H and O–H groups in total. The lowest BCUT2D eigenvalue weighted by Crippen LogP contribution is -2.59. The number of hydrogen-bond acceptors (Lipinski definition) is 6. The van der Waals surface area contributed by atoms with Crippen molar-refractivity contribution in [1.82, 2.24) is 19.8 Å². The molecule has 0 aliphatic carbocycles. The second kappa shape index (κ2) is 9.23. The van der Waals surface area contributed by atoms with Crippen LogP contribution in [0.5, 0.6) is 0 Å². The van der Waals surface area contributed by atoms with Crippen molar-refractivity contribution in [2.75, 3.05) is 25.1 Å². The molecule has 2 aromatic rings. The first-order valence-corrected chi connectivity index (χ1v) is 12.3. The number of carboxylic acid groups (broad SMARTS) is 1. The monoisotopic (exact) mass is 543 g/mol. The fourth-order valence-corrected chi connectivity index (χ4v) is 4.97. The van der Waals surface area contributed by atoms with Crippen LogP contribution in [0.4, 0.5) is 10.6 Å². The highest BCUT2D eigenvalue weighted by molar-refractivity contribution is 9.10. The third kappa shape index (κ3) is 4.90. The fraction of sp³-hybridized carbons (Fsp3) is 0.440. The smallest absolute Gasteiger partial charge is 0.407 e. The first-order valence-electron chi connectivity index (χ1n) is 11.5. The molecule has 1 aromatic carbocycles. The molecular formula is C25H30BrN5O4. The minimum atomic E-state index is -0.894. The maximum Gasteiger partial charge on any atom is 0.407 e. The lowest BCUT2D eigenvalue weighted by Gasteiger charge is -2.46. The number of nitrogens with one attached hydrogen (secondary N) is 1. The number of hydrogen-bond donors (Lipinski definition) is 2. The van der Waals surface area contributed by atoms with Crippen molar-refractivity contribution in [2.45, 2.75) is 47.2 Å². The van der Waals surface area contributed by atoms with Gasteiger partial charge in [-0.2, -0.15) is 5.01 Å². The molecule has 0 bridgehead atoms. The molecule has 0 saturated carbocycles. The summed E-state index contributed by atoms with van der Waals surface area (Å²) in [5.74, 6) is -0.377. The number of carbonyl (C=O) groups is 3. The Morgan fingerprint density at radius 2 is 1.80 bits per heavy atom. The third-order valence-corrected chi connectivity index (χ3v) is 7.29. The van der Waals surface area contributed by atoms with Gasteiger partial charge in [-0.15, -0.1) is 0 Å². The Labute approximate surface area is 212 Å². The molecular weight excluding hydrogens is 514 g/mol. The number of aromatic nitrogens is 1. The molecule has 2 aliphatic heterocycles. The molecule has 2 aliphatic rings. The van der Waals surface area contributed by atoms with Gasteiger partial charge in [0.25, 0.3) is 11.8 Å². The molecule has 1 unspecified atom stereocenters. The van der Waals surface area contributed by atoms with E-state index in [0.29, 0.717) is 43.1 Å². The van der Waals surface area contributed by atoms with Gasteiger partial charge < -0.3 is 10.0 Å². The molecule has 1 atom stereocenters. The summed E-state index contributed by atoms with van der Waals surface area (Å²) in [6.07, 6.45) is -0.894. The van der Waals surface area contributed by atoms with E-state index < -0.39 is 6.09 Å². The second-order valence-electron chi connectivity index (χ2n) is 10.2. The predicted molar refractivity (Wildman–Crippen MR) is 137 cm³/mol. The number of halogens is 1. The molecule has 35 heavy (non-hydrogen) atoms. The van der Waals surface area contributed by atoms with Crippen LogP contribution in [0.3, 0.4) is 0 Å². The zero-order chi connectivity index (χ0) is 25.7. The molecule has 3 heterocycles. The summed E-state index contributed by atoms with van der Waals surface area (Å²) in [6, 6.07) is 7.54. The van der Waals surface area contributed by atoms with Gasteiger partial charge in [0.2, 0.25) is 0 Å². The zero-order valence-corrected chi connectivity index (χ0v) is 22.1. The number of rotatable bonds is 4. The van der Waals surface area contributed by atoms with E-state index >= 15 is 0 Å². The number of nitrogens with zero attached hydrogens (tertiary/aromatic N) is 4. The van der Waals surface area contributed by atoms with Gasteiger partial charge in [0.15, 0.2) is 0 Å². The van der Waals surface area contributed by atoms with Gasteiger partial charge in [0.05, 0.1) is 11.6 Å². The Kier molecular flexibility index (Phi) is 6.63. The number of pyridine rings is 1.